The largest absolute Gasteiger partial charge is 0.490 e. The van der Waals surface area contributed by atoms with Crippen LogP contribution >= 0.6 is 0 Å². The number of aliphatic hydroxyl groups excluding tert-OH is 1. The molecule has 1 aromatic heterocycles. The molecule has 0 fully saturated rings. The van der Waals surface area contributed by atoms with E-state index in [0.29, 0.717) is 0 Å². The Hall–Kier alpha value is -1.48. The number of rotatable bonds is 5. The number of hydrogen-bond acceptors (Lipinski definition) is 2. The van der Waals surface area contributed by atoms with Gasteiger partial charge in [-0.3, -0.25) is 0 Å². The Balaban J connectivity index is 2.35. The molecule has 0 unspecified atom stereocenters. The van der Waals surface area contributed by atoms with Crippen LogP contribution in [-0.4, -0.2) is 22.4 Å². The van der Waals surface area contributed by atoms with Gasteiger partial charge in [0.25, 0.3) is 0 Å². The Morgan fingerprint density at radius 1 is 1.29 bits per heavy atom. The van der Waals surface area contributed by atoms with Gasteiger partial charge in [-0.2, -0.15) is 0 Å². The zero-order valence-corrected chi connectivity index (χ0v) is 10.4. The number of aliphatic hydroxyl groups is 1. The van der Waals surface area contributed by atoms with Crippen LogP contribution in [0.1, 0.15) is 20.3 Å². The Morgan fingerprint density at radius 3 is 2.82 bits per heavy atom. The molecule has 0 aliphatic heterocycles. The summed E-state index contributed by atoms with van der Waals surface area (Å²) in [5.41, 5.74) is 1.16. The van der Waals surface area contributed by atoms with Crippen molar-refractivity contribution in [3.05, 3.63) is 30.5 Å². The van der Waals surface area contributed by atoms with Gasteiger partial charge in [-0.1, -0.05) is 6.07 Å². The van der Waals surface area contributed by atoms with Gasteiger partial charge in [0.2, 0.25) is 0 Å². The van der Waals surface area contributed by atoms with Gasteiger partial charge in [0, 0.05) is 24.7 Å². The SMILES string of the molecule is CC(C)Oc1cccc2c1ccn2CCCO. The number of ether oxygens (including phenoxy) is 1. The van der Waals surface area contributed by atoms with Gasteiger partial charge >= 0.3 is 0 Å². The molecular formula is C14H19NO2. The molecular weight excluding hydrogens is 214 g/mol. The monoisotopic (exact) mass is 233 g/mol. The van der Waals surface area contributed by atoms with Crippen molar-refractivity contribution in [3.8, 4) is 5.75 Å². The molecule has 2 aromatic rings. The molecule has 1 heterocycles. The minimum atomic E-state index is 0.182. The second-order valence-electron chi connectivity index (χ2n) is 4.44. The summed E-state index contributed by atoms with van der Waals surface area (Å²) in [5, 5.41) is 10.0. The normalized spacial score (nSPS) is 11.3. The van der Waals surface area contributed by atoms with Gasteiger partial charge < -0.3 is 14.4 Å². The van der Waals surface area contributed by atoms with Crippen LogP contribution in [0, 0.1) is 0 Å². The molecule has 92 valence electrons. The van der Waals surface area contributed by atoms with E-state index in [1.807, 2.05) is 32.2 Å². The van der Waals surface area contributed by atoms with E-state index in [1.165, 1.54) is 0 Å². The molecule has 0 bridgehead atoms. The summed E-state index contributed by atoms with van der Waals surface area (Å²) in [6, 6.07) is 8.17. The van der Waals surface area contributed by atoms with E-state index in [1.54, 1.807) is 0 Å². The third-order valence-electron chi connectivity index (χ3n) is 2.69. The molecule has 17 heavy (non-hydrogen) atoms. The minimum Gasteiger partial charge on any atom is -0.490 e. The van der Waals surface area contributed by atoms with Gasteiger partial charge in [0.15, 0.2) is 0 Å². The third-order valence-corrected chi connectivity index (χ3v) is 2.69. The first kappa shape index (κ1) is 12.0. The highest BCUT2D eigenvalue weighted by atomic mass is 16.5. The van der Waals surface area contributed by atoms with Crippen molar-refractivity contribution in [2.75, 3.05) is 6.61 Å². The fourth-order valence-corrected chi connectivity index (χ4v) is 1.99. The number of hydrogen-bond donors (Lipinski definition) is 1. The van der Waals surface area contributed by atoms with Gasteiger partial charge in [0.05, 0.1) is 11.6 Å². The summed E-state index contributed by atoms with van der Waals surface area (Å²) in [5.74, 6) is 0.931. The summed E-state index contributed by atoms with van der Waals surface area (Å²) < 4.78 is 7.93. The van der Waals surface area contributed by atoms with Crippen LogP contribution in [0.3, 0.4) is 0 Å². The van der Waals surface area contributed by atoms with Crippen molar-refractivity contribution in [1.29, 1.82) is 0 Å². The van der Waals surface area contributed by atoms with Crippen molar-refractivity contribution in [2.24, 2.45) is 0 Å². The quantitative estimate of drug-likeness (QED) is 0.861. The minimum absolute atomic E-state index is 0.182. The molecule has 0 saturated carbocycles. The van der Waals surface area contributed by atoms with Crippen LogP contribution in [0.25, 0.3) is 10.9 Å². The van der Waals surface area contributed by atoms with Gasteiger partial charge in [-0.15, -0.1) is 0 Å². The Morgan fingerprint density at radius 2 is 2.12 bits per heavy atom. The molecule has 0 saturated heterocycles. The fourth-order valence-electron chi connectivity index (χ4n) is 1.99. The molecule has 0 amide bonds. The highest BCUT2D eigenvalue weighted by Gasteiger charge is 2.07. The maximum atomic E-state index is 8.87. The highest BCUT2D eigenvalue weighted by Crippen LogP contribution is 2.27. The lowest BCUT2D eigenvalue weighted by molar-refractivity contribution is 0.245. The molecule has 0 spiro atoms. The second kappa shape index (κ2) is 5.23. The van der Waals surface area contributed by atoms with E-state index < -0.39 is 0 Å². The number of aromatic nitrogens is 1. The van der Waals surface area contributed by atoms with Crippen LogP contribution in [0.4, 0.5) is 0 Å². The van der Waals surface area contributed by atoms with Crippen LogP contribution in [0.2, 0.25) is 0 Å². The standard InChI is InChI=1S/C14H19NO2/c1-11(2)17-14-6-3-5-13-12(14)7-9-15(13)8-4-10-16/h3,5-7,9,11,16H,4,8,10H2,1-2H3. The van der Waals surface area contributed by atoms with Gasteiger partial charge in [0.1, 0.15) is 5.75 Å². The first-order valence-electron chi connectivity index (χ1n) is 6.07. The molecule has 3 heteroatoms. The Labute approximate surface area is 102 Å². The fraction of sp³-hybridized carbons (Fsp3) is 0.429. The summed E-state index contributed by atoms with van der Waals surface area (Å²) >= 11 is 0. The van der Waals surface area contributed by atoms with E-state index in [9.17, 15) is 0 Å². The third kappa shape index (κ3) is 2.61. The van der Waals surface area contributed by atoms with E-state index in [0.717, 1.165) is 29.6 Å². The van der Waals surface area contributed by atoms with Crippen molar-refractivity contribution >= 4 is 10.9 Å². The molecule has 1 N–H and O–H groups in total. The number of aryl methyl sites for hydroxylation is 1. The van der Waals surface area contributed by atoms with E-state index in [2.05, 4.69) is 16.7 Å². The molecule has 0 radical (unpaired) electrons. The predicted molar refractivity (Wildman–Crippen MR) is 69.4 cm³/mol. The Bertz CT molecular complexity index is 488. The Kier molecular flexibility index (Phi) is 3.69. The van der Waals surface area contributed by atoms with Crippen molar-refractivity contribution in [3.63, 3.8) is 0 Å². The first-order chi connectivity index (χ1) is 8.22. The number of benzene rings is 1. The van der Waals surface area contributed by atoms with Crippen molar-refractivity contribution in [1.82, 2.24) is 4.57 Å². The van der Waals surface area contributed by atoms with Crippen LogP contribution < -0.4 is 4.74 Å². The second-order valence-corrected chi connectivity index (χ2v) is 4.44. The molecule has 0 atom stereocenters. The molecule has 0 aliphatic rings. The van der Waals surface area contributed by atoms with Gasteiger partial charge in [-0.25, -0.2) is 0 Å². The van der Waals surface area contributed by atoms with E-state index in [-0.39, 0.29) is 12.7 Å². The number of fused-ring (bicyclic) bond motifs is 1. The highest BCUT2D eigenvalue weighted by molar-refractivity contribution is 5.86. The topological polar surface area (TPSA) is 34.4 Å². The summed E-state index contributed by atoms with van der Waals surface area (Å²) in [4.78, 5) is 0. The zero-order chi connectivity index (χ0) is 12.3. The smallest absolute Gasteiger partial charge is 0.129 e. The lowest BCUT2D eigenvalue weighted by Gasteiger charge is -2.11. The summed E-state index contributed by atoms with van der Waals surface area (Å²) in [6.45, 7) is 5.12. The maximum Gasteiger partial charge on any atom is 0.129 e. The average molecular weight is 233 g/mol. The molecule has 0 aliphatic carbocycles. The van der Waals surface area contributed by atoms with Crippen molar-refractivity contribution < 1.29 is 9.84 Å². The van der Waals surface area contributed by atoms with Gasteiger partial charge in [-0.05, 0) is 38.5 Å². The molecule has 2 rings (SSSR count). The van der Waals surface area contributed by atoms with Crippen molar-refractivity contribution in [2.45, 2.75) is 32.9 Å². The lowest BCUT2D eigenvalue weighted by atomic mass is 10.2. The first-order valence-corrected chi connectivity index (χ1v) is 6.07. The molecule has 3 nitrogen and oxygen atoms in total. The van der Waals surface area contributed by atoms with Crippen LogP contribution in [0.5, 0.6) is 5.75 Å². The predicted octanol–water partition coefficient (Wildman–Crippen LogP) is 2.81. The summed E-state index contributed by atoms with van der Waals surface area (Å²) in [6.07, 6.45) is 3.01. The number of nitrogens with zero attached hydrogens (tertiary/aromatic N) is 1. The van der Waals surface area contributed by atoms with E-state index in [4.69, 9.17) is 9.84 Å². The summed E-state index contributed by atoms with van der Waals surface area (Å²) in [7, 11) is 0. The maximum absolute atomic E-state index is 8.87. The lowest BCUT2D eigenvalue weighted by Crippen LogP contribution is -2.05. The van der Waals surface area contributed by atoms with E-state index >= 15 is 0 Å². The average Bonchev–Trinajstić information content (AvgIpc) is 2.70. The zero-order valence-electron chi connectivity index (χ0n) is 10.4. The van der Waals surface area contributed by atoms with Crippen LogP contribution in [-0.2, 0) is 6.54 Å². The van der Waals surface area contributed by atoms with Crippen LogP contribution in [0.15, 0.2) is 30.5 Å². The molecule has 1 aromatic carbocycles.